The minimum absolute atomic E-state index is 0.0134. The second kappa shape index (κ2) is 19.4. The fraction of sp³-hybridized carbons (Fsp3) is 0.367. The number of likely N-dealkylation sites (tertiary alicyclic amines) is 1. The van der Waals surface area contributed by atoms with Crippen molar-refractivity contribution in [3.63, 3.8) is 0 Å². The largest absolute Gasteiger partial charge is 0.444 e. The molecule has 340 valence electrons. The molecule has 1 N–H and O–H groups in total. The summed E-state index contributed by atoms with van der Waals surface area (Å²) in [7, 11) is 0. The number of nitrogens with zero attached hydrogens (tertiary/aromatic N) is 5. The van der Waals surface area contributed by atoms with Crippen LogP contribution in [-0.2, 0) is 14.3 Å². The zero-order chi connectivity index (χ0) is 46.8. The van der Waals surface area contributed by atoms with Crippen molar-refractivity contribution >= 4 is 87.3 Å². The van der Waals surface area contributed by atoms with Crippen LogP contribution in [0, 0.1) is 13.8 Å². The average molecular weight is 961 g/mol. The van der Waals surface area contributed by atoms with Crippen LogP contribution in [0.15, 0.2) is 94.9 Å². The highest BCUT2D eigenvalue weighted by molar-refractivity contribution is 6.48. The predicted molar refractivity (Wildman–Crippen MR) is 255 cm³/mol. The van der Waals surface area contributed by atoms with E-state index in [9.17, 15) is 24.0 Å². The van der Waals surface area contributed by atoms with E-state index >= 15 is 0 Å². The molecule has 4 aliphatic rings. The van der Waals surface area contributed by atoms with Gasteiger partial charge in [-0.05, 0) is 119 Å². The molecule has 0 atom stereocenters. The molecule has 0 unspecified atom stereocenters. The molecule has 2 spiro atoms. The molecule has 4 aromatic rings. The molecular formula is C49H50Cl4N6O6. The van der Waals surface area contributed by atoms with Crippen molar-refractivity contribution in [2.24, 2.45) is 9.98 Å². The zero-order valence-electron chi connectivity index (χ0n) is 36.9. The monoisotopic (exact) mass is 958 g/mol. The van der Waals surface area contributed by atoms with Gasteiger partial charge >= 0.3 is 6.09 Å². The zero-order valence-corrected chi connectivity index (χ0v) is 39.9. The molecule has 0 bridgehead atoms. The van der Waals surface area contributed by atoms with Gasteiger partial charge in [-0.1, -0.05) is 70.7 Å². The molecule has 0 aromatic heterocycles. The molecule has 16 heteroatoms. The third kappa shape index (κ3) is 10.6. The number of rotatable bonds is 8. The molecule has 8 rings (SSSR count). The van der Waals surface area contributed by atoms with Crippen molar-refractivity contribution in [3.8, 4) is 0 Å². The maximum Gasteiger partial charge on any atom is 0.410 e. The third-order valence-corrected chi connectivity index (χ3v) is 13.3. The molecule has 2 fully saturated rings. The van der Waals surface area contributed by atoms with Crippen LogP contribution in [0.2, 0.25) is 20.1 Å². The van der Waals surface area contributed by atoms with Gasteiger partial charge in [0.25, 0.3) is 11.8 Å². The van der Waals surface area contributed by atoms with Crippen LogP contribution in [-0.4, -0.2) is 112 Å². The molecule has 4 heterocycles. The number of hydrogen-bond acceptors (Lipinski definition) is 9. The third-order valence-electron chi connectivity index (χ3n) is 12.0. The van der Waals surface area contributed by atoms with Crippen molar-refractivity contribution in [1.82, 2.24) is 20.0 Å². The first-order valence-electron chi connectivity index (χ1n) is 21.4. The van der Waals surface area contributed by atoms with Gasteiger partial charge in [-0.3, -0.25) is 29.2 Å². The van der Waals surface area contributed by atoms with Crippen LogP contribution < -0.4 is 5.32 Å². The maximum absolute atomic E-state index is 13.6. The summed E-state index contributed by atoms with van der Waals surface area (Å²) in [6, 6.07) is 24.2. The summed E-state index contributed by atoms with van der Waals surface area (Å²) in [5.74, 6) is -0.858. The number of piperidine rings is 2. The SMILES string of the molecule is Cc1cc(C(=O)CN2C(=O)C(c3ccc(Cl)cc3)=NC23CCN(C(=O)OC(C)(C)C)CC3)ccc1Cl.Cc1cc(C(=O)CN2C(=O)C(c3ccc(Cl)cc3)=NC23CCNCC3)ccc1Cl. The van der Waals surface area contributed by atoms with Gasteiger partial charge in [0.2, 0.25) is 0 Å². The van der Waals surface area contributed by atoms with Crippen molar-refractivity contribution in [2.45, 2.75) is 77.2 Å². The van der Waals surface area contributed by atoms with Crippen LogP contribution in [0.5, 0.6) is 0 Å². The van der Waals surface area contributed by atoms with Crippen LogP contribution in [0.3, 0.4) is 0 Å². The fourth-order valence-corrected chi connectivity index (χ4v) is 8.85. The highest BCUT2D eigenvalue weighted by atomic mass is 35.5. The number of ketones is 2. The minimum atomic E-state index is -0.929. The van der Waals surface area contributed by atoms with Crippen LogP contribution >= 0.6 is 46.4 Å². The standard InChI is InChI=1S/C27H29Cl2N3O4.C22H21Cl2N3O2/c1-17-15-19(7-10-21(17)29)22(33)16-32-24(34)23(18-5-8-20(28)9-6-18)30-27(32)11-13-31(14-12-27)25(35)36-26(2,3)4;1-14-12-16(4-7-18(14)24)19(28)13-27-21(29)20(15-2-5-17(23)6-3-15)26-22(27)8-10-25-11-9-22/h5-10,15H,11-14,16H2,1-4H3;2-7,12,25H,8-11,13H2,1H3. The number of benzene rings is 4. The van der Waals surface area contributed by atoms with Crippen LogP contribution in [0.25, 0.3) is 0 Å². The van der Waals surface area contributed by atoms with Crippen molar-refractivity contribution in [3.05, 3.63) is 138 Å². The summed E-state index contributed by atoms with van der Waals surface area (Å²) in [5, 5.41) is 5.64. The van der Waals surface area contributed by atoms with E-state index in [-0.39, 0.29) is 42.2 Å². The summed E-state index contributed by atoms with van der Waals surface area (Å²) in [5.41, 5.74) is 2.45. The first-order valence-corrected chi connectivity index (χ1v) is 22.9. The van der Waals surface area contributed by atoms with Gasteiger partial charge in [0.15, 0.2) is 11.6 Å². The predicted octanol–water partition coefficient (Wildman–Crippen LogP) is 9.44. The Hall–Kier alpha value is -5.11. The number of hydrogen-bond donors (Lipinski definition) is 1. The first-order chi connectivity index (χ1) is 30.8. The smallest absolute Gasteiger partial charge is 0.410 e. The summed E-state index contributed by atoms with van der Waals surface area (Å²) < 4.78 is 5.51. The van der Waals surface area contributed by atoms with E-state index < -0.39 is 23.0 Å². The van der Waals surface area contributed by atoms with E-state index in [1.807, 2.05) is 34.6 Å². The second-order valence-corrected chi connectivity index (χ2v) is 19.4. The van der Waals surface area contributed by atoms with Crippen molar-refractivity contribution in [1.29, 1.82) is 0 Å². The van der Waals surface area contributed by atoms with E-state index in [4.69, 9.17) is 61.1 Å². The quantitative estimate of drug-likeness (QED) is 0.174. The molecule has 4 aromatic carbocycles. The van der Waals surface area contributed by atoms with Gasteiger partial charge in [0.05, 0.1) is 13.1 Å². The molecule has 2 saturated heterocycles. The highest BCUT2D eigenvalue weighted by Crippen LogP contribution is 2.38. The Morgan fingerprint density at radius 1 is 0.631 bits per heavy atom. The Labute approximate surface area is 398 Å². The Morgan fingerprint density at radius 2 is 1.03 bits per heavy atom. The van der Waals surface area contributed by atoms with Gasteiger partial charge in [0, 0.05) is 81.1 Å². The minimum Gasteiger partial charge on any atom is -0.444 e. The topological polar surface area (TPSA) is 141 Å². The summed E-state index contributed by atoms with van der Waals surface area (Å²) in [4.78, 5) is 80.4. The second-order valence-electron chi connectivity index (χ2n) is 17.7. The number of carbonyl (C=O) groups excluding carboxylic acids is 5. The van der Waals surface area contributed by atoms with Crippen molar-refractivity contribution < 1.29 is 28.7 Å². The number of amides is 3. The molecule has 65 heavy (non-hydrogen) atoms. The number of aryl methyl sites for hydroxylation is 2. The molecule has 0 radical (unpaired) electrons. The van der Waals surface area contributed by atoms with E-state index in [2.05, 4.69) is 5.32 Å². The number of nitrogens with one attached hydrogen (secondary N) is 1. The molecule has 0 aliphatic carbocycles. The Morgan fingerprint density at radius 3 is 1.42 bits per heavy atom. The van der Waals surface area contributed by atoms with Gasteiger partial charge in [-0.15, -0.1) is 0 Å². The number of carbonyl (C=O) groups is 5. The molecule has 3 amide bonds. The number of halogens is 4. The normalized spacial score (nSPS) is 17.8. The summed E-state index contributed by atoms with van der Waals surface area (Å²) in [6.07, 6.45) is 1.72. The lowest BCUT2D eigenvalue weighted by Crippen LogP contribution is -2.56. The molecule has 0 saturated carbocycles. The van der Waals surface area contributed by atoms with Gasteiger partial charge in [-0.25, -0.2) is 4.79 Å². The van der Waals surface area contributed by atoms with Crippen LogP contribution in [0.4, 0.5) is 4.79 Å². The van der Waals surface area contributed by atoms with Gasteiger partial charge in [0.1, 0.15) is 28.4 Å². The molecule has 4 aliphatic heterocycles. The van der Waals surface area contributed by atoms with Crippen molar-refractivity contribution in [2.75, 3.05) is 39.3 Å². The Bertz CT molecular complexity index is 2580. The lowest BCUT2D eigenvalue weighted by molar-refractivity contribution is -0.129. The van der Waals surface area contributed by atoms with Crippen LogP contribution in [0.1, 0.15) is 89.4 Å². The van der Waals surface area contributed by atoms with E-state index in [0.717, 1.165) is 29.8 Å². The molecular weight excluding hydrogens is 910 g/mol. The Kier molecular flexibility index (Phi) is 14.3. The molecule has 12 nitrogen and oxygen atoms in total. The Balaban J connectivity index is 0.000000198. The fourth-order valence-electron chi connectivity index (χ4n) is 8.37. The van der Waals surface area contributed by atoms with E-state index in [0.29, 0.717) is 81.3 Å². The number of ether oxygens (including phenoxy) is 1. The number of Topliss-reactive ketones (excluding diaryl/α,β-unsaturated/α-hetero) is 2. The maximum atomic E-state index is 13.6. The van der Waals surface area contributed by atoms with Gasteiger partial charge < -0.3 is 24.8 Å². The number of aliphatic imine (C=N–C) groups is 2. The summed E-state index contributed by atoms with van der Waals surface area (Å²) in [6.45, 7) is 11.2. The average Bonchev–Trinajstić information content (AvgIpc) is 3.68. The lowest BCUT2D eigenvalue weighted by Gasteiger charge is -2.42. The lowest BCUT2D eigenvalue weighted by atomic mass is 9.95. The van der Waals surface area contributed by atoms with E-state index in [1.54, 1.807) is 99.6 Å². The van der Waals surface area contributed by atoms with E-state index in [1.165, 1.54) is 0 Å². The summed E-state index contributed by atoms with van der Waals surface area (Å²) >= 11 is 24.2. The highest BCUT2D eigenvalue weighted by Gasteiger charge is 2.51. The van der Waals surface area contributed by atoms with Gasteiger partial charge in [-0.2, -0.15) is 0 Å². The first kappa shape index (κ1) is 47.8.